The van der Waals surface area contributed by atoms with Gasteiger partial charge in [0.25, 0.3) is 5.56 Å². The number of aromatic amines is 1. The van der Waals surface area contributed by atoms with Crippen LogP contribution < -0.4 is 10.9 Å². The number of thioether (sulfide) groups is 1. The Hall–Kier alpha value is -2.29. The zero-order valence-electron chi connectivity index (χ0n) is 13.5. The van der Waals surface area contributed by atoms with E-state index < -0.39 is 34.3 Å². The molecule has 2 aromatic rings. The van der Waals surface area contributed by atoms with Gasteiger partial charge in [0.15, 0.2) is 22.6 Å². The highest BCUT2D eigenvalue weighted by atomic mass is 32.2. The molecule has 0 saturated heterocycles. The molecule has 1 atom stereocenters. The summed E-state index contributed by atoms with van der Waals surface area (Å²) < 4.78 is 39.7. The lowest BCUT2D eigenvalue weighted by Gasteiger charge is -2.12. The lowest BCUT2D eigenvalue weighted by molar-refractivity contribution is -0.115. The number of rotatable bonds is 6. The van der Waals surface area contributed by atoms with Crippen molar-refractivity contribution in [2.24, 2.45) is 0 Å². The third-order valence-electron chi connectivity index (χ3n) is 3.23. The van der Waals surface area contributed by atoms with E-state index in [0.717, 1.165) is 30.3 Å². The van der Waals surface area contributed by atoms with E-state index in [4.69, 9.17) is 0 Å². The summed E-state index contributed by atoms with van der Waals surface area (Å²) in [6, 6.07) is 3.04. The fourth-order valence-electron chi connectivity index (χ4n) is 2.00. The van der Waals surface area contributed by atoms with Crippen LogP contribution in [0.5, 0.6) is 0 Å². The van der Waals surface area contributed by atoms with Crippen molar-refractivity contribution in [2.75, 3.05) is 5.32 Å². The van der Waals surface area contributed by atoms with Gasteiger partial charge >= 0.3 is 0 Å². The molecule has 2 rings (SSSR count). The number of hydrogen-bond donors (Lipinski definition) is 2. The number of aryl methyl sites for hydroxylation is 1. The number of hydrogen-bond acceptors (Lipinski definition) is 4. The highest BCUT2D eigenvalue weighted by Gasteiger charge is 2.20. The average molecular weight is 371 g/mol. The van der Waals surface area contributed by atoms with E-state index in [0.29, 0.717) is 12.1 Å². The van der Waals surface area contributed by atoms with Gasteiger partial charge in [0.1, 0.15) is 0 Å². The molecule has 1 heterocycles. The Morgan fingerprint density at radius 1 is 1.32 bits per heavy atom. The molecule has 134 valence electrons. The van der Waals surface area contributed by atoms with Gasteiger partial charge in [0.2, 0.25) is 5.91 Å². The Kier molecular flexibility index (Phi) is 6.24. The van der Waals surface area contributed by atoms with Crippen molar-refractivity contribution in [3.8, 4) is 0 Å². The minimum absolute atomic E-state index is 0.254. The van der Waals surface area contributed by atoms with Crippen LogP contribution in [0, 0.1) is 17.5 Å². The first-order valence-electron chi connectivity index (χ1n) is 7.53. The second kappa shape index (κ2) is 8.19. The first kappa shape index (κ1) is 19.0. The molecular formula is C16H16F3N3O2S. The second-order valence-corrected chi connectivity index (χ2v) is 6.59. The second-order valence-electron chi connectivity index (χ2n) is 5.26. The van der Waals surface area contributed by atoms with Crippen molar-refractivity contribution in [1.82, 2.24) is 9.97 Å². The van der Waals surface area contributed by atoms with Gasteiger partial charge in [-0.25, -0.2) is 18.2 Å². The molecule has 2 N–H and O–H groups in total. The molecule has 1 amide bonds. The van der Waals surface area contributed by atoms with Gasteiger partial charge in [0, 0.05) is 11.8 Å². The van der Waals surface area contributed by atoms with E-state index in [1.807, 2.05) is 6.92 Å². The monoisotopic (exact) mass is 371 g/mol. The van der Waals surface area contributed by atoms with Crippen LogP contribution in [-0.4, -0.2) is 21.1 Å². The SMILES string of the molecule is CCCc1cc(=O)[nH]c(S[C@@H](C)C(=O)Nc2ccc(F)c(F)c2F)n1. The summed E-state index contributed by atoms with van der Waals surface area (Å²) in [5.41, 5.74) is -0.189. The molecular weight excluding hydrogens is 355 g/mol. The molecule has 0 unspecified atom stereocenters. The predicted octanol–water partition coefficient (Wildman–Crippen LogP) is 3.26. The summed E-state index contributed by atoms with van der Waals surface area (Å²) >= 11 is 0.969. The van der Waals surface area contributed by atoms with E-state index in [-0.39, 0.29) is 10.7 Å². The predicted molar refractivity (Wildman–Crippen MR) is 89.1 cm³/mol. The molecule has 0 radical (unpaired) electrons. The molecule has 0 aliphatic heterocycles. The van der Waals surface area contributed by atoms with Crippen molar-refractivity contribution in [3.63, 3.8) is 0 Å². The summed E-state index contributed by atoms with van der Waals surface area (Å²) in [5, 5.41) is 1.69. The van der Waals surface area contributed by atoms with Gasteiger partial charge in [-0.1, -0.05) is 25.1 Å². The van der Waals surface area contributed by atoms with E-state index in [2.05, 4.69) is 15.3 Å². The average Bonchev–Trinajstić information content (AvgIpc) is 2.55. The van der Waals surface area contributed by atoms with E-state index in [1.54, 1.807) is 0 Å². The van der Waals surface area contributed by atoms with Gasteiger partial charge in [-0.3, -0.25) is 9.59 Å². The maximum Gasteiger partial charge on any atom is 0.251 e. The van der Waals surface area contributed by atoms with Crippen LogP contribution in [-0.2, 0) is 11.2 Å². The molecule has 0 aliphatic carbocycles. The molecule has 0 saturated carbocycles. The molecule has 9 heteroatoms. The molecule has 0 aliphatic rings. The zero-order chi connectivity index (χ0) is 18.6. The highest BCUT2D eigenvalue weighted by Crippen LogP contribution is 2.23. The Bertz CT molecular complexity index is 842. The van der Waals surface area contributed by atoms with Crippen LogP contribution in [0.2, 0.25) is 0 Å². The lowest BCUT2D eigenvalue weighted by Crippen LogP contribution is -2.24. The molecule has 0 bridgehead atoms. The molecule has 25 heavy (non-hydrogen) atoms. The minimum Gasteiger partial charge on any atom is -0.323 e. The van der Waals surface area contributed by atoms with Gasteiger partial charge < -0.3 is 10.3 Å². The van der Waals surface area contributed by atoms with Gasteiger partial charge in [-0.05, 0) is 25.5 Å². The maximum atomic E-state index is 13.6. The lowest BCUT2D eigenvalue weighted by atomic mass is 10.2. The fraction of sp³-hybridized carbons (Fsp3) is 0.312. The number of halogens is 3. The quantitative estimate of drug-likeness (QED) is 0.464. The van der Waals surface area contributed by atoms with Crippen LogP contribution in [0.25, 0.3) is 0 Å². The summed E-state index contributed by atoms with van der Waals surface area (Å²) in [7, 11) is 0. The van der Waals surface area contributed by atoms with E-state index in [9.17, 15) is 22.8 Å². The van der Waals surface area contributed by atoms with Crippen LogP contribution in [0.1, 0.15) is 26.0 Å². The topological polar surface area (TPSA) is 74.8 Å². The van der Waals surface area contributed by atoms with E-state index >= 15 is 0 Å². The molecule has 0 fully saturated rings. The highest BCUT2D eigenvalue weighted by molar-refractivity contribution is 8.00. The maximum absolute atomic E-state index is 13.6. The van der Waals surface area contributed by atoms with Crippen molar-refractivity contribution in [1.29, 1.82) is 0 Å². The number of anilines is 1. The number of amides is 1. The molecule has 1 aromatic carbocycles. The first-order valence-corrected chi connectivity index (χ1v) is 8.41. The third kappa shape index (κ3) is 4.85. The van der Waals surface area contributed by atoms with Crippen molar-refractivity contribution in [2.45, 2.75) is 37.1 Å². The minimum atomic E-state index is -1.66. The van der Waals surface area contributed by atoms with Crippen LogP contribution >= 0.6 is 11.8 Å². The van der Waals surface area contributed by atoms with Crippen molar-refractivity contribution < 1.29 is 18.0 Å². The Morgan fingerprint density at radius 2 is 2.04 bits per heavy atom. The smallest absolute Gasteiger partial charge is 0.251 e. The van der Waals surface area contributed by atoms with Crippen molar-refractivity contribution in [3.05, 3.63) is 51.7 Å². The Morgan fingerprint density at radius 3 is 2.72 bits per heavy atom. The van der Waals surface area contributed by atoms with Gasteiger partial charge in [0.05, 0.1) is 10.9 Å². The number of benzene rings is 1. The summed E-state index contributed by atoms with van der Waals surface area (Å²) in [4.78, 5) is 30.5. The third-order valence-corrected chi connectivity index (χ3v) is 4.21. The number of carbonyl (C=O) groups excluding carboxylic acids is 1. The number of carbonyl (C=O) groups is 1. The zero-order valence-corrected chi connectivity index (χ0v) is 14.3. The Labute approximate surface area is 146 Å². The Balaban J connectivity index is 2.11. The summed E-state index contributed by atoms with van der Waals surface area (Å²) in [5.74, 6) is -5.11. The van der Waals surface area contributed by atoms with Crippen LogP contribution in [0.15, 0.2) is 28.2 Å². The van der Waals surface area contributed by atoms with Crippen LogP contribution in [0.4, 0.5) is 18.9 Å². The molecule has 5 nitrogen and oxygen atoms in total. The van der Waals surface area contributed by atoms with Crippen LogP contribution in [0.3, 0.4) is 0 Å². The first-order chi connectivity index (χ1) is 11.8. The van der Waals surface area contributed by atoms with E-state index in [1.165, 1.54) is 13.0 Å². The molecule has 0 spiro atoms. The fourth-order valence-corrected chi connectivity index (χ4v) is 2.83. The number of nitrogens with one attached hydrogen (secondary N) is 2. The number of aromatic nitrogens is 2. The van der Waals surface area contributed by atoms with Gasteiger partial charge in [-0.2, -0.15) is 0 Å². The summed E-state index contributed by atoms with van der Waals surface area (Å²) in [6.07, 6.45) is 1.43. The summed E-state index contributed by atoms with van der Waals surface area (Å²) in [6.45, 7) is 3.46. The normalized spacial score (nSPS) is 12.0. The largest absolute Gasteiger partial charge is 0.323 e. The van der Waals surface area contributed by atoms with Crippen molar-refractivity contribution >= 4 is 23.4 Å². The number of H-pyrrole nitrogens is 1. The standard InChI is InChI=1S/C16H16F3N3O2S/c1-3-4-9-7-12(23)22-16(20-9)25-8(2)15(24)21-11-6-5-10(17)13(18)14(11)19/h5-8H,3-4H2,1-2H3,(H,21,24)(H,20,22,23)/t8-/m0/s1. The molecule has 1 aromatic heterocycles. The number of nitrogens with zero attached hydrogens (tertiary/aromatic N) is 1. The van der Waals surface area contributed by atoms with Gasteiger partial charge in [-0.15, -0.1) is 0 Å².